The Hall–Kier alpha value is -1.94. The van der Waals surface area contributed by atoms with E-state index in [1.165, 1.54) is 263 Å². The van der Waals surface area contributed by atoms with Crippen LogP contribution in [0.15, 0.2) is 0 Å². The molecule has 3 N–H and O–H groups in total. The Bertz CT molecular complexity index is 1880. The molecule has 5 atom stereocenters. The zero-order valence-corrected chi connectivity index (χ0v) is 66.3. The van der Waals surface area contributed by atoms with Crippen LogP contribution in [0, 0.1) is 0 Å². The first-order chi connectivity index (χ1) is 48.2. The lowest BCUT2D eigenvalue weighted by Gasteiger charge is -2.21. The fourth-order valence-electron chi connectivity index (χ4n) is 12.5. The summed E-state index contributed by atoms with van der Waals surface area (Å²) in [6.45, 7) is 5.00. The number of ether oxygens (including phenoxy) is 4. The summed E-state index contributed by atoms with van der Waals surface area (Å²) in [5.74, 6) is -2.11. The number of phosphoric ester groups is 2. The van der Waals surface area contributed by atoms with Gasteiger partial charge in [0, 0.05) is 25.7 Å². The van der Waals surface area contributed by atoms with Crippen LogP contribution in [0.25, 0.3) is 0 Å². The number of hydrogen-bond acceptors (Lipinski definition) is 15. The Morgan fingerprint density at radius 1 is 0.242 bits per heavy atom. The van der Waals surface area contributed by atoms with Gasteiger partial charge in [-0.3, -0.25) is 37.3 Å². The van der Waals surface area contributed by atoms with Gasteiger partial charge in [0.25, 0.3) is 0 Å². The number of aliphatic hydroxyl groups excluding tert-OH is 1. The molecule has 0 fully saturated rings. The molecule has 0 aromatic heterocycles. The molecule has 99 heavy (non-hydrogen) atoms. The number of esters is 4. The van der Waals surface area contributed by atoms with Gasteiger partial charge < -0.3 is 33.8 Å². The van der Waals surface area contributed by atoms with Crippen molar-refractivity contribution in [3.63, 3.8) is 0 Å². The van der Waals surface area contributed by atoms with Crippen molar-refractivity contribution in [3.8, 4) is 0 Å². The maximum atomic E-state index is 13.1. The quantitative estimate of drug-likeness (QED) is 0.0222. The van der Waals surface area contributed by atoms with E-state index in [0.717, 1.165) is 89.9 Å². The van der Waals surface area contributed by atoms with E-state index in [1.54, 1.807) is 0 Å². The van der Waals surface area contributed by atoms with Crippen LogP contribution in [0.1, 0.15) is 432 Å². The third kappa shape index (κ3) is 74.1. The minimum atomic E-state index is -4.96. The lowest BCUT2D eigenvalue weighted by molar-refractivity contribution is -0.161. The van der Waals surface area contributed by atoms with Crippen LogP contribution >= 0.6 is 15.6 Å². The van der Waals surface area contributed by atoms with Crippen LogP contribution in [0.5, 0.6) is 0 Å². The Morgan fingerprint density at radius 2 is 0.404 bits per heavy atom. The van der Waals surface area contributed by atoms with E-state index in [-0.39, 0.29) is 25.7 Å². The van der Waals surface area contributed by atoms with Gasteiger partial charge in [0.05, 0.1) is 26.4 Å². The first-order valence-corrected chi connectivity index (χ1v) is 44.8. The fourth-order valence-corrected chi connectivity index (χ4v) is 14.0. The van der Waals surface area contributed by atoms with Crippen molar-refractivity contribution in [1.29, 1.82) is 0 Å². The van der Waals surface area contributed by atoms with E-state index >= 15 is 0 Å². The molecule has 0 aliphatic rings. The van der Waals surface area contributed by atoms with Gasteiger partial charge in [-0.25, -0.2) is 9.13 Å². The molecule has 0 saturated heterocycles. The molecule has 588 valence electrons. The van der Waals surface area contributed by atoms with E-state index in [9.17, 15) is 43.2 Å². The van der Waals surface area contributed by atoms with Crippen LogP contribution in [-0.2, 0) is 65.4 Å². The third-order valence-electron chi connectivity index (χ3n) is 18.9. The van der Waals surface area contributed by atoms with Crippen LogP contribution in [0.3, 0.4) is 0 Å². The number of rotatable bonds is 81. The summed E-state index contributed by atoms with van der Waals surface area (Å²) in [5.41, 5.74) is 0. The summed E-state index contributed by atoms with van der Waals surface area (Å²) < 4.78 is 68.6. The van der Waals surface area contributed by atoms with E-state index in [4.69, 9.17) is 37.0 Å². The molecule has 0 aliphatic heterocycles. The van der Waals surface area contributed by atoms with Crippen molar-refractivity contribution in [2.75, 3.05) is 39.6 Å². The van der Waals surface area contributed by atoms with Crippen LogP contribution < -0.4 is 0 Å². The van der Waals surface area contributed by atoms with Gasteiger partial charge >= 0.3 is 39.5 Å². The average Bonchev–Trinajstić information content (AvgIpc) is 1.10. The molecule has 0 amide bonds. The zero-order valence-electron chi connectivity index (χ0n) is 64.5. The van der Waals surface area contributed by atoms with Crippen LogP contribution in [-0.4, -0.2) is 96.7 Å². The summed E-state index contributed by atoms with van der Waals surface area (Å²) in [6.07, 6.45) is 66.6. The normalized spacial score (nSPS) is 13.8. The Morgan fingerprint density at radius 3 is 0.596 bits per heavy atom. The van der Waals surface area contributed by atoms with Gasteiger partial charge in [-0.15, -0.1) is 0 Å². The maximum Gasteiger partial charge on any atom is 0.472 e. The number of hydrogen-bond donors (Lipinski definition) is 3. The SMILES string of the molecule is CCCCCCCCCCCCCCCCCCCCCC(=O)O[C@H](COC(=O)CCCCCCCCCCCCCCCCCC)COP(=O)(O)OC[C@@H](O)COP(=O)(O)OC[C@@H](COC(=O)CCCCCCCCCC)OC(=O)CCCCCCCCCCCCCCCCCC. The predicted molar refractivity (Wildman–Crippen MR) is 405 cm³/mol. The molecule has 0 saturated carbocycles. The van der Waals surface area contributed by atoms with Gasteiger partial charge in [0.2, 0.25) is 0 Å². The minimum absolute atomic E-state index is 0.109. The summed E-state index contributed by atoms with van der Waals surface area (Å²) in [4.78, 5) is 72.9. The van der Waals surface area contributed by atoms with Crippen LogP contribution in [0.2, 0.25) is 0 Å². The largest absolute Gasteiger partial charge is 0.472 e. The summed E-state index contributed by atoms with van der Waals surface area (Å²) >= 11 is 0. The van der Waals surface area contributed by atoms with Gasteiger partial charge in [-0.05, 0) is 25.7 Å². The molecule has 0 rings (SSSR count). The molecule has 0 bridgehead atoms. The van der Waals surface area contributed by atoms with Crippen molar-refractivity contribution in [2.24, 2.45) is 0 Å². The molecule has 17 nitrogen and oxygen atoms in total. The topological polar surface area (TPSA) is 237 Å². The molecule has 0 heterocycles. The summed E-state index contributed by atoms with van der Waals surface area (Å²) in [7, 11) is -9.91. The van der Waals surface area contributed by atoms with Gasteiger partial charge in [-0.1, -0.05) is 381 Å². The van der Waals surface area contributed by atoms with Crippen molar-refractivity contribution in [3.05, 3.63) is 0 Å². The molecule has 0 aromatic carbocycles. The van der Waals surface area contributed by atoms with Gasteiger partial charge in [-0.2, -0.15) is 0 Å². The Kier molecular flexibility index (Phi) is 72.9. The smallest absolute Gasteiger partial charge is 0.462 e. The maximum absolute atomic E-state index is 13.1. The van der Waals surface area contributed by atoms with E-state index in [0.29, 0.717) is 25.7 Å². The summed E-state index contributed by atoms with van der Waals surface area (Å²) in [6, 6.07) is 0. The summed E-state index contributed by atoms with van der Waals surface area (Å²) in [5, 5.41) is 10.6. The van der Waals surface area contributed by atoms with E-state index in [1.807, 2.05) is 0 Å². The molecule has 0 radical (unpaired) electrons. The highest BCUT2D eigenvalue weighted by molar-refractivity contribution is 7.47. The highest BCUT2D eigenvalue weighted by Crippen LogP contribution is 2.45. The standard InChI is InChI=1S/C80H156O17P2/c1-5-9-13-17-21-25-28-31-34-37-38-39-42-45-48-51-55-59-63-67-80(85)97-76(71-91-78(83)65-61-57-53-49-46-43-40-35-32-29-26-22-18-14-10-6-2)73-95-99(88,89)93-69-74(81)68-92-98(86,87)94-72-75(70-90-77(82)64-60-56-52-24-20-16-12-8-4)96-79(84)66-62-58-54-50-47-44-41-36-33-30-27-23-19-15-11-7-3/h74-76,81H,5-73H2,1-4H3,(H,86,87)(H,88,89)/t74-,75+,76+/m0/s1. The molecule has 2 unspecified atom stereocenters. The number of carbonyl (C=O) groups excluding carboxylic acids is 4. The van der Waals surface area contributed by atoms with Gasteiger partial charge in [0.15, 0.2) is 12.2 Å². The van der Waals surface area contributed by atoms with Crippen molar-refractivity contribution < 1.29 is 80.2 Å². The molecule has 0 aliphatic carbocycles. The second-order valence-electron chi connectivity index (χ2n) is 28.8. The highest BCUT2D eigenvalue weighted by atomic mass is 31.2. The second kappa shape index (κ2) is 74.3. The van der Waals surface area contributed by atoms with Gasteiger partial charge in [0.1, 0.15) is 19.3 Å². The number of phosphoric acid groups is 2. The third-order valence-corrected chi connectivity index (χ3v) is 20.8. The van der Waals surface area contributed by atoms with Crippen molar-refractivity contribution in [2.45, 2.75) is 451 Å². The molecular formula is C80H156O17P2. The predicted octanol–water partition coefficient (Wildman–Crippen LogP) is 24.2. The molecule has 0 aromatic rings. The molecule has 19 heteroatoms. The first kappa shape index (κ1) is 97.1. The number of aliphatic hydroxyl groups is 1. The zero-order chi connectivity index (χ0) is 72.5. The van der Waals surface area contributed by atoms with Crippen molar-refractivity contribution >= 4 is 39.5 Å². The minimum Gasteiger partial charge on any atom is -0.462 e. The average molecular weight is 1450 g/mol. The fraction of sp³-hybridized carbons (Fsp3) is 0.950. The van der Waals surface area contributed by atoms with E-state index in [2.05, 4.69) is 27.7 Å². The Labute approximate surface area is 607 Å². The molecular weight excluding hydrogens is 1290 g/mol. The van der Waals surface area contributed by atoms with Crippen molar-refractivity contribution in [1.82, 2.24) is 0 Å². The van der Waals surface area contributed by atoms with Crippen LogP contribution in [0.4, 0.5) is 0 Å². The lowest BCUT2D eigenvalue weighted by atomic mass is 10.0. The first-order valence-electron chi connectivity index (χ1n) is 41.8. The molecule has 0 spiro atoms. The highest BCUT2D eigenvalue weighted by Gasteiger charge is 2.30. The Balaban J connectivity index is 5.20. The van der Waals surface area contributed by atoms with E-state index < -0.39 is 97.5 Å². The second-order valence-corrected chi connectivity index (χ2v) is 31.7. The monoisotopic (exact) mass is 1450 g/mol. The number of unbranched alkanes of at least 4 members (excludes halogenated alkanes) is 55. The number of carbonyl (C=O) groups is 4. The lowest BCUT2D eigenvalue weighted by Crippen LogP contribution is -2.30.